The highest BCUT2D eigenvalue weighted by atomic mass is 35.5. The summed E-state index contributed by atoms with van der Waals surface area (Å²) in [6.45, 7) is -0.287. The summed E-state index contributed by atoms with van der Waals surface area (Å²) in [6.07, 6.45) is 0. The Morgan fingerprint density at radius 2 is 1.76 bits per heavy atom. The Balaban J connectivity index is 2.00. The first-order chi connectivity index (χ1) is 10.1. The minimum Gasteiger partial charge on any atom is -0.545 e. The van der Waals surface area contributed by atoms with Gasteiger partial charge in [-0.1, -0.05) is 41.9 Å². The summed E-state index contributed by atoms with van der Waals surface area (Å²) in [5.74, 6) is -1.48. The van der Waals surface area contributed by atoms with E-state index in [0.29, 0.717) is 10.8 Å². The Bertz CT molecular complexity index is 672. The second kappa shape index (κ2) is 6.76. The first kappa shape index (κ1) is 14.9. The van der Waals surface area contributed by atoms with Gasteiger partial charge in [0.25, 0.3) is 5.91 Å². The van der Waals surface area contributed by atoms with E-state index in [1.165, 1.54) is 12.1 Å². The Morgan fingerprint density at radius 3 is 2.48 bits per heavy atom. The number of para-hydroxylation sites is 2. The lowest BCUT2D eigenvalue weighted by atomic mass is 10.2. The van der Waals surface area contributed by atoms with Crippen molar-refractivity contribution in [1.82, 2.24) is 0 Å². The maximum atomic E-state index is 11.8. The molecule has 0 heterocycles. The van der Waals surface area contributed by atoms with Crippen LogP contribution in [0.25, 0.3) is 0 Å². The predicted molar refractivity (Wildman–Crippen MR) is 76.3 cm³/mol. The molecular formula is C15H11ClNO4-. The molecule has 5 nitrogen and oxygen atoms in total. The Labute approximate surface area is 126 Å². The lowest BCUT2D eigenvalue weighted by molar-refractivity contribution is -0.254. The Morgan fingerprint density at radius 1 is 1.10 bits per heavy atom. The van der Waals surface area contributed by atoms with Gasteiger partial charge in [-0.15, -0.1) is 0 Å². The number of hydrogen-bond donors (Lipinski definition) is 1. The summed E-state index contributed by atoms with van der Waals surface area (Å²) in [7, 11) is 0. The second-order valence-corrected chi connectivity index (χ2v) is 4.51. The number of carbonyl (C=O) groups is 2. The third-order valence-electron chi connectivity index (χ3n) is 2.62. The number of benzene rings is 2. The van der Waals surface area contributed by atoms with Crippen LogP contribution in [0, 0.1) is 0 Å². The molecule has 108 valence electrons. The van der Waals surface area contributed by atoms with Gasteiger partial charge in [-0.3, -0.25) is 4.79 Å². The number of ether oxygens (including phenoxy) is 1. The number of anilines is 1. The van der Waals surface area contributed by atoms with Crippen molar-refractivity contribution in [2.24, 2.45) is 0 Å². The number of carboxylic acids is 1. The average molecular weight is 305 g/mol. The zero-order chi connectivity index (χ0) is 15.2. The molecule has 1 amide bonds. The maximum Gasteiger partial charge on any atom is 0.262 e. The monoisotopic (exact) mass is 304 g/mol. The summed E-state index contributed by atoms with van der Waals surface area (Å²) in [5.41, 5.74) is 0.0638. The van der Waals surface area contributed by atoms with E-state index < -0.39 is 11.9 Å². The van der Waals surface area contributed by atoms with Crippen LogP contribution in [0.15, 0.2) is 48.5 Å². The fourth-order valence-corrected chi connectivity index (χ4v) is 1.85. The first-order valence-corrected chi connectivity index (χ1v) is 6.43. The van der Waals surface area contributed by atoms with Crippen LogP contribution in [0.3, 0.4) is 0 Å². The third kappa shape index (κ3) is 3.97. The Kier molecular flexibility index (Phi) is 4.79. The lowest BCUT2D eigenvalue weighted by Crippen LogP contribution is -2.26. The van der Waals surface area contributed by atoms with E-state index in [-0.39, 0.29) is 17.9 Å². The minimum atomic E-state index is -1.36. The summed E-state index contributed by atoms with van der Waals surface area (Å²) in [6, 6.07) is 12.7. The lowest BCUT2D eigenvalue weighted by Gasteiger charge is -2.12. The van der Waals surface area contributed by atoms with Gasteiger partial charge in [0, 0.05) is 11.3 Å². The zero-order valence-electron chi connectivity index (χ0n) is 10.8. The van der Waals surface area contributed by atoms with Crippen molar-refractivity contribution in [2.45, 2.75) is 0 Å². The minimum absolute atomic E-state index is 0.0939. The number of nitrogens with one attached hydrogen (secondary N) is 1. The number of amides is 1. The van der Waals surface area contributed by atoms with E-state index in [4.69, 9.17) is 16.3 Å². The van der Waals surface area contributed by atoms with Gasteiger partial charge in [0.15, 0.2) is 6.61 Å². The molecule has 2 rings (SSSR count). The van der Waals surface area contributed by atoms with Gasteiger partial charge in [0.1, 0.15) is 5.75 Å². The van der Waals surface area contributed by atoms with Gasteiger partial charge in [-0.25, -0.2) is 0 Å². The van der Waals surface area contributed by atoms with Crippen LogP contribution < -0.4 is 15.2 Å². The molecule has 0 atom stereocenters. The quantitative estimate of drug-likeness (QED) is 0.912. The second-order valence-electron chi connectivity index (χ2n) is 4.10. The van der Waals surface area contributed by atoms with Gasteiger partial charge in [0.05, 0.1) is 11.0 Å². The van der Waals surface area contributed by atoms with Crippen LogP contribution in [0.5, 0.6) is 5.75 Å². The number of rotatable bonds is 5. The predicted octanol–water partition coefficient (Wildman–Crippen LogP) is 1.72. The van der Waals surface area contributed by atoms with Gasteiger partial charge >= 0.3 is 0 Å². The van der Waals surface area contributed by atoms with Crippen LogP contribution >= 0.6 is 11.6 Å². The third-order valence-corrected chi connectivity index (χ3v) is 2.93. The van der Waals surface area contributed by atoms with Crippen LogP contribution in [-0.4, -0.2) is 18.5 Å². The molecule has 0 aliphatic heterocycles. The number of hydrogen-bond acceptors (Lipinski definition) is 4. The molecule has 21 heavy (non-hydrogen) atoms. The van der Waals surface area contributed by atoms with Crippen LogP contribution in [0.2, 0.25) is 5.02 Å². The average Bonchev–Trinajstić information content (AvgIpc) is 2.47. The largest absolute Gasteiger partial charge is 0.545 e. The molecule has 0 aromatic heterocycles. The molecule has 0 unspecified atom stereocenters. The molecule has 0 spiro atoms. The van der Waals surface area contributed by atoms with Crippen molar-refractivity contribution in [1.29, 1.82) is 0 Å². The van der Waals surface area contributed by atoms with Gasteiger partial charge < -0.3 is 20.0 Å². The van der Waals surface area contributed by atoms with Gasteiger partial charge in [0.2, 0.25) is 0 Å². The maximum absolute atomic E-state index is 11.8. The smallest absolute Gasteiger partial charge is 0.262 e. The molecular weight excluding hydrogens is 294 g/mol. The normalized spacial score (nSPS) is 9.95. The summed E-state index contributed by atoms with van der Waals surface area (Å²) < 4.78 is 5.26. The summed E-state index contributed by atoms with van der Waals surface area (Å²) in [4.78, 5) is 22.7. The fourth-order valence-electron chi connectivity index (χ4n) is 1.66. The van der Waals surface area contributed by atoms with Gasteiger partial charge in [-0.2, -0.15) is 0 Å². The first-order valence-electron chi connectivity index (χ1n) is 6.05. The number of halogens is 1. The van der Waals surface area contributed by atoms with Crippen molar-refractivity contribution in [2.75, 3.05) is 11.9 Å². The SMILES string of the molecule is O=C(COc1ccccc1Cl)Nc1ccccc1C(=O)[O-]. The van der Waals surface area contributed by atoms with Crippen molar-refractivity contribution in [3.8, 4) is 5.75 Å². The highest BCUT2D eigenvalue weighted by Crippen LogP contribution is 2.23. The molecule has 0 aliphatic carbocycles. The van der Waals surface area contributed by atoms with Crippen LogP contribution in [0.4, 0.5) is 5.69 Å². The number of carboxylic acid groups (broad SMARTS) is 1. The molecule has 0 bridgehead atoms. The highest BCUT2D eigenvalue weighted by molar-refractivity contribution is 6.32. The van der Waals surface area contributed by atoms with Gasteiger partial charge in [-0.05, 0) is 18.2 Å². The molecule has 0 fully saturated rings. The van der Waals surface area contributed by atoms with Crippen molar-refractivity contribution in [3.05, 3.63) is 59.1 Å². The van der Waals surface area contributed by atoms with Crippen molar-refractivity contribution < 1.29 is 19.4 Å². The zero-order valence-corrected chi connectivity index (χ0v) is 11.6. The van der Waals surface area contributed by atoms with Crippen molar-refractivity contribution in [3.63, 3.8) is 0 Å². The summed E-state index contributed by atoms with van der Waals surface area (Å²) in [5, 5.41) is 13.8. The van der Waals surface area contributed by atoms with E-state index >= 15 is 0 Å². The highest BCUT2D eigenvalue weighted by Gasteiger charge is 2.09. The molecule has 6 heteroatoms. The topological polar surface area (TPSA) is 78.5 Å². The summed E-state index contributed by atoms with van der Waals surface area (Å²) >= 11 is 5.89. The van der Waals surface area contributed by atoms with Crippen LogP contribution in [-0.2, 0) is 4.79 Å². The van der Waals surface area contributed by atoms with E-state index in [1.54, 1.807) is 36.4 Å². The molecule has 0 radical (unpaired) electrons. The molecule has 2 aromatic rings. The standard InChI is InChI=1S/C15H12ClNO4/c16-11-6-2-4-8-13(11)21-9-14(18)17-12-7-3-1-5-10(12)15(19)20/h1-8H,9H2,(H,17,18)(H,19,20)/p-1. The van der Waals surface area contributed by atoms with E-state index in [9.17, 15) is 14.7 Å². The number of aromatic carboxylic acids is 1. The molecule has 0 saturated carbocycles. The molecule has 1 N–H and O–H groups in total. The van der Waals surface area contributed by atoms with Crippen LogP contribution in [0.1, 0.15) is 10.4 Å². The van der Waals surface area contributed by atoms with E-state index in [0.717, 1.165) is 0 Å². The van der Waals surface area contributed by atoms with E-state index in [1.807, 2.05) is 0 Å². The number of carbonyl (C=O) groups excluding carboxylic acids is 2. The molecule has 0 saturated heterocycles. The van der Waals surface area contributed by atoms with E-state index in [2.05, 4.69) is 5.32 Å². The van der Waals surface area contributed by atoms with Crippen molar-refractivity contribution >= 4 is 29.2 Å². The molecule has 2 aromatic carbocycles. The fraction of sp³-hybridized carbons (Fsp3) is 0.0667. The molecule has 0 aliphatic rings. The Hall–Kier alpha value is -2.53.